The van der Waals surface area contributed by atoms with Gasteiger partial charge >= 0.3 is 0 Å². The van der Waals surface area contributed by atoms with Crippen LogP contribution in [0.15, 0.2) is 71.7 Å². The van der Waals surface area contributed by atoms with Crippen LogP contribution < -0.4 is 14.8 Å². The van der Waals surface area contributed by atoms with Gasteiger partial charge in [0.05, 0.1) is 37.3 Å². The number of hydrogen-bond donors (Lipinski definition) is 2. The summed E-state index contributed by atoms with van der Waals surface area (Å²) in [7, 11) is 3.33. The van der Waals surface area contributed by atoms with Crippen LogP contribution in [0.5, 0.6) is 17.2 Å². The van der Waals surface area contributed by atoms with Crippen LogP contribution in [0.3, 0.4) is 0 Å². The number of aromatic hydroxyl groups is 1. The lowest BCUT2D eigenvalue weighted by molar-refractivity contribution is 0.396. The molecule has 1 aliphatic rings. The minimum atomic E-state index is -0.0544. The van der Waals surface area contributed by atoms with Crippen LogP contribution in [0, 0.1) is 0 Å². The molecular weight excluding hydrogens is 352 g/mol. The van der Waals surface area contributed by atoms with Gasteiger partial charge in [0.2, 0.25) is 0 Å². The first-order chi connectivity index (χ1) is 13.7. The molecule has 3 aromatic carbocycles. The van der Waals surface area contributed by atoms with E-state index in [1.807, 2.05) is 54.6 Å². The Bertz CT molecular complexity index is 1010. The Hall–Kier alpha value is -3.47. The van der Waals surface area contributed by atoms with Crippen molar-refractivity contribution in [3.05, 3.63) is 77.9 Å². The number of fused-ring (bicyclic) bond motifs is 1. The molecule has 0 spiro atoms. The maximum atomic E-state index is 9.64. The lowest BCUT2D eigenvalue weighted by Crippen LogP contribution is -2.15. The number of anilines is 1. The van der Waals surface area contributed by atoms with Crippen molar-refractivity contribution in [2.75, 3.05) is 19.5 Å². The molecule has 5 nitrogen and oxygen atoms in total. The second-order valence-corrected chi connectivity index (χ2v) is 6.63. The molecule has 0 aromatic heterocycles. The van der Waals surface area contributed by atoms with Gasteiger partial charge in [0.25, 0.3) is 0 Å². The Morgan fingerprint density at radius 1 is 0.964 bits per heavy atom. The third-order valence-corrected chi connectivity index (χ3v) is 4.90. The van der Waals surface area contributed by atoms with Crippen molar-refractivity contribution in [2.45, 2.75) is 12.5 Å². The maximum Gasteiger partial charge on any atom is 0.124 e. The molecule has 1 atom stereocenters. The number of aliphatic imine (C=N–C) groups is 1. The van der Waals surface area contributed by atoms with Crippen molar-refractivity contribution >= 4 is 17.1 Å². The third kappa shape index (κ3) is 3.51. The van der Waals surface area contributed by atoms with E-state index in [9.17, 15) is 5.11 Å². The van der Waals surface area contributed by atoms with E-state index in [1.54, 1.807) is 26.4 Å². The molecular formula is C23H22N2O3. The zero-order valence-corrected chi connectivity index (χ0v) is 15.8. The molecule has 3 aromatic rings. The number of methoxy groups -OCH3 is 2. The van der Waals surface area contributed by atoms with Crippen LogP contribution in [0.4, 0.5) is 11.4 Å². The van der Waals surface area contributed by atoms with Crippen LogP contribution in [0.2, 0.25) is 0 Å². The van der Waals surface area contributed by atoms with Gasteiger partial charge in [0, 0.05) is 12.0 Å². The Morgan fingerprint density at radius 3 is 2.50 bits per heavy atom. The van der Waals surface area contributed by atoms with E-state index in [-0.39, 0.29) is 11.8 Å². The number of nitrogens with one attached hydrogen (secondary N) is 1. The number of rotatable bonds is 4. The zero-order valence-electron chi connectivity index (χ0n) is 15.8. The summed E-state index contributed by atoms with van der Waals surface area (Å²) in [5.74, 6) is 1.81. The number of ether oxygens (including phenoxy) is 2. The molecule has 5 heteroatoms. The van der Waals surface area contributed by atoms with E-state index in [0.29, 0.717) is 6.42 Å². The molecule has 2 N–H and O–H groups in total. The molecule has 0 amide bonds. The number of benzene rings is 3. The lowest BCUT2D eigenvalue weighted by atomic mass is 9.96. The van der Waals surface area contributed by atoms with E-state index in [2.05, 4.69) is 5.32 Å². The molecule has 1 unspecified atom stereocenters. The summed E-state index contributed by atoms with van der Waals surface area (Å²) >= 11 is 0. The fraction of sp³-hybridized carbons (Fsp3) is 0.174. The van der Waals surface area contributed by atoms with Gasteiger partial charge in [-0.15, -0.1) is 0 Å². The molecule has 0 radical (unpaired) electrons. The fourth-order valence-corrected chi connectivity index (χ4v) is 3.45. The van der Waals surface area contributed by atoms with Gasteiger partial charge in [-0.25, -0.2) is 0 Å². The van der Waals surface area contributed by atoms with E-state index >= 15 is 0 Å². The molecule has 1 aliphatic heterocycles. The van der Waals surface area contributed by atoms with Gasteiger partial charge in [-0.05, 0) is 60.2 Å². The number of nitrogens with zero attached hydrogens (tertiary/aromatic N) is 1. The maximum absolute atomic E-state index is 9.64. The van der Waals surface area contributed by atoms with E-state index in [4.69, 9.17) is 14.5 Å². The number of hydrogen-bond acceptors (Lipinski definition) is 5. The summed E-state index contributed by atoms with van der Waals surface area (Å²) in [6.07, 6.45) is 0.656. The number of para-hydroxylation sites is 2. The van der Waals surface area contributed by atoms with Crippen molar-refractivity contribution in [3.63, 3.8) is 0 Å². The summed E-state index contributed by atoms with van der Waals surface area (Å²) in [6, 6.07) is 20.9. The van der Waals surface area contributed by atoms with Crippen LogP contribution in [-0.4, -0.2) is 25.0 Å². The average Bonchev–Trinajstić information content (AvgIpc) is 2.93. The highest BCUT2D eigenvalue weighted by molar-refractivity contribution is 6.04. The minimum Gasteiger partial charge on any atom is -0.508 e. The van der Waals surface area contributed by atoms with Gasteiger partial charge in [0.15, 0.2) is 0 Å². The molecule has 0 bridgehead atoms. The predicted octanol–water partition coefficient (Wildman–Crippen LogP) is 5.09. The number of phenols is 1. The smallest absolute Gasteiger partial charge is 0.124 e. The Morgan fingerprint density at radius 2 is 1.75 bits per heavy atom. The summed E-state index contributed by atoms with van der Waals surface area (Å²) in [4.78, 5) is 4.91. The van der Waals surface area contributed by atoms with Gasteiger partial charge in [-0.2, -0.15) is 0 Å². The Kier molecular flexibility index (Phi) is 4.89. The van der Waals surface area contributed by atoms with E-state index in [0.717, 1.165) is 39.7 Å². The summed E-state index contributed by atoms with van der Waals surface area (Å²) in [5, 5.41) is 13.3. The molecule has 4 rings (SSSR count). The van der Waals surface area contributed by atoms with Gasteiger partial charge in [-0.3, -0.25) is 4.99 Å². The van der Waals surface area contributed by atoms with Crippen LogP contribution in [0.1, 0.15) is 23.6 Å². The first kappa shape index (κ1) is 17.9. The Balaban J connectivity index is 1.82. The molecule has 0 aliphatic carbocycles. The zero-order chi connectivity index (χ0) is 19.5. The standard InChI is InChI=1S/C23H22N2O3/c1-27-17-11-12-23(28-2)18(13-17)22-14-21(15-7-9-16(26)10-8-15)24-19-5-3-4-6-20(19)25-22/h3-13,22,25-26H,14H2,1-2H3. The van der Waals surface area contributed by atoms with Gasteiger partial charge < -0.3 is 19.9 Å². The first-order valence-electron chi connectivity index (χ1n) is 9.12. The predicted molar refractivity (Wildman–Crippen MR) is 111 cm³/mol. The average molecular weight is 374 g/mol. The molecule has 0 saturated heterocycles. The highest BCUT2D eigenvalue weighted by Crippen LogP contribution is 2.39. The second kappa shape index (κ2) is 7.64. The summed E-state index contributed by atoms with van der Waals surface area (Å²) < 4.78 is 11.0. The second-order valence-electron chi connectivity index (χ2n) is 6.63. The molecule has 28 heavy (non-hydrogen) atoms. The van der Waals surface area contributed by atoms with Crippen LogP contribution in [0.25, 0.3) is 0 Å². The van der Waals surface area contributed by atoms with Crippen molar-refractivity contribution < 1.29 is 14.6 Å². The highest BCUT2D eigenvalue weighted by Gasteiger charge is 2.24. The Labute approximate surface area is 164 Å². The van der Waals surface area contributed by atoms with Crippen molar-refractivity contribution in [3.8, 4) is 17.2 Å². The lowest BCUT2D eigenvalue weighted by Gasteiger charge is -2.22. The van der Waals surface area contributed by atoms with Crippen LogP contribution >= 0.6 is 0 Å². The topological polar surface area (TPSA) is 63.1 Å². The SMILES string of the molecule is COc1ccc(OC)c(C2CC(c3ccc(O)cc3)=Nc3ccccc3N2)c1. The minimum absolute atomic E-state index is 0.0544. The van der Waals surface area contributed by atoms with Crippen LogP contribution in [-0.2, 0) is 0 Å². The first-order valence-corrected chi connectivity index (χ1v) is 9.12. The molecule has 0 saturated carbocycles. The molecule has 142 valence electrons. The monoisotopic (exact) mass is 374 g/mol. The normalized spacial score (nSPS) is 15.6. The van der Waals surface area contributed by atoms with Gasteiger partial charge in [0.1, 0.15) is 17.2 Å². The molecule has 1 heterocycles. The molecule has 0 fully saturated rings. The van der Waals surface area contributed by atoms with E-state index < -0.39 is 0 Å². The third-order valence-electron chi connectivity index (χ3n) is 4.90. The summed E-state index contributed by atoms with van der Waals surface area (Å²) in [6.45, 7) is 0. The fourth-order valence-electron chi connectivity index (χ4n) is 3.45. The van der Waals surface area contributed by atoms with Crippen molar-refractivity contribution in [2.24, 2.45) is 4.99 Å². The summed E-state index contributed by atoms with van der Waals surface area (Å²) in [5.41, 5.74) is 4.77. The van der Waals surface area contributed by atoms with Crippen molar-refractivity contribution in [1.29, 1.82) is 0 Å². The van der Waals surface area contributed by atoms with E-state index in [1.165, 1.54) is 0 Å². The number of phenolic OH excluding ortho intramolecular Hbond substituents is 1. The quantitative estimate of drug-likeness (QED) is 0.668. The highest BCUT2D eigenvalue weighted by atomic mass is 16.5. The largest absolute Gasteiger partial charge is 0.508 e. The van der Waals surface area contributed by atoms with Gasteiger partial charge in [-0.1, -0.05) is 12.1 Å². The van der Waals surface area contributed by atoms with Crippen molar-refractivity contribution in [1.82, 2.24) is 0 Å².